The standard InChI is InChI=1S/C17H16Cl2N4OS/c1-17(2,3)15-21-22-16(25)23(15)20-9-11-5-7-14(24-11)12-8-10(18)4-6-13(12)19/h4-9H,1-3H3,(H,22,25)/b20-9-. The molecule has 0 bridgehead atoms. The Morgan fingerprint density at radius 2 is 2.00 bits per heavy atom. The van der Waals surface area contributed by atoms with Crippen LogP contribution in [0.15, 0.2) is 39.9 Å². The first-order valence-corrected chi connectivity index (χ1v) is 8.69. The molecule has 2 aromatic heterocycles. The van der Waals surface area contributed by atoms with E-state index in [1.54, 1.807) is 35.2 Å². The zero-order valence-corrected chi connectivity index (χ0v) is 16.2. The van der Waals surface area contributed by atoms with E-state index < -0.39 is 0 Å². The summed E-state index contributed by atoms with van der Waals surface area (Å²) in [6, 6.07) is 8.84. The van der Waals surface area contributed by atoms with E-state index in [-0.39, 0.29) is 5.41 Å². The Morgan fingerprint density at radius 3 is 2.72 bits per heavy atom. The van der Waals surface area contributed by atoms with Crippen molar-refractivity contribution in [1.82, 2.24) is 14.9 Å². The number of hydrogen-bond donors (Lipinski definition) is 1. The van der Waals surface area contributed by atoms with Crippen LogP contribution in [0.25, 0.3) is 11.3 Å². The van der Waals surface area contributed by atoms with E-state index in [1.165, 1.54) is 0 Å². The highest BCUT2D eigenvalue weighted by atomic mass is 35.5. The molecule has 1 N–H and O–H groups in total. The fraction of sp³-hybridized carbons (Fsp3) is 0.235. The van der Waals surface area contributed by atoms with Gasteiger partial charge in [0.25, 0.3) is 0 Å². The Kier molecular flexibility index (Phi) is 4.86. The molecule has 25 heavy (non-hydrogen) atoms. The van der Waals surface area contributed by atoms with Crippen LogP contribution in [0.1, 0.15) is 32.4 Å². The van der Waals surface area contributed by atoms with Crippen molar-refractivity contribution >= 4 is 41.6 Å². The van der Waals surface area contributed by atoms with E-state index in [0.717, 1.165) is 11.4 Å². The molecule has 0 spiro atoms. The summed E-state index contributed by atoms with van der Waals surface area (Å²) in [6.07, 6.45) is 1.59. The van der Waals surface area contributed by atoms with Crippen LogP contribution in [-0.4, -0.2) is 21.1 Å². The van der Waals surface area contributed by atoms with Crippen LogP contribution in [0.3, 0.4) is 0 Å². The number of nitrogens with one attached hydrogen (secondary N) is 1. The summed E-state index contributed by atoms with van der Waals surface area (Å²) < 4.78 is 7.81. The first-order valence-electron chi connectivity index (χ1n) is 7.53. The molecule has 0 aliphatic carbocycles. The SMILES string of the molecule is CC(C)(C)c1n[nH]c(=S)n1/N=C\c1ccc(-c2cc(Cl)ccc2Cl)o1. The molecule has 8 heteroatoms. The molecule has 0 radical (unpaired) electrons. The lowest BCUT2D eigenvalue weighted by Crippen LogP contribution is -2.17. The maximum atomic E-state index is 6.21. The molecule has 2 heterocycles. The molecular formula is C17H16Cl2N4OS. The zero-order chi connectivity index (χ0) is 18.2. The van der Waals surface area contributed by atoms with Crippen molar-refractivity contribution in [3.63, 3.8) is 0 Å². The average molecular weight is 395 g/mol. The molecule has 130 valence electrons. The van der Waals surface area contributed by atoms with Gasteiger partial charge in [-0.15, -0.1) is 0 Å². The number of aromatic nitrogens is 3. The Hall–Kier alpha value is -1.89. The highest BCUT2D eigenvalue weighted by molar-refractivity contribution is 7.71. The van der Waals surface area contributed by atoms with Gasteiger partial charge in [-0.3, -0.25) is 5.10 Å². The maximum absolute atomic E-state index is 6.21. The van der Waals surface area contributed by atoms with Gasteiger partial charge in [-0.05, 0) is 42.5 Å². The molecule has 0 aliphatic rings. The average Bonchev–Trinajstić information content (AvgIpc) is 3.14. The van der Waals surface area contributed by atoms with Crippen LogP contribution in [0.2, 0.25) is 10.0 Å². The minimum atomic E-state index is -0.201. The molecule has 0 aliphatic heterocycles. The van der Waals surface area contributed by atoms with Crippen molar-refractivity contribution in [3.05, 3.63) is 56.7 Å². The fourth-order valence-electron chi connectivity index (χ4n) is 2.25. The van der Waals surface area contributed by atoms with Crippen molar-refractivity contribution < 1.29 is 4.42 Å². The molecule has 3 rings (SSSR count). The van der Waals surface area contributed by atoms with Crippen molar-refractivity contribution in [2.24, 2.45) is 5.10 Å². The monoisotopic (exact) mass is 394 g/mol. The summed E-state index contributed by atoms with van der Waals surface area (Å²) in [7, 11) is 0. The van der Waals surface area contributed by atoms with Crippen molar-refractivity contribution in [2.45, 2.75) is 26.2 Å². The molecule has 0 saturated carbocycles. The molecule has 3 aromatic rings. The molecule has 5 nitrogen and oxygen atoms in total. The lowest BCUT2D eigenvalue weighted by Gasteiger charge is -2.15. The van der Waals surface area contributed by atoms with Gasteiger partial charge in [0.2, 0.25) is 4.77 Å². The largest absolute Gasteiger partial charge is 0.455 e. The Balaban J connectivity index is 1.93. The van der Waals surface area contributed by atoms with E-state index >= 15 is 0 Å². The summed E-state index contributed by atoms with van der Waals surface area (Å²) in [5.74, 6) is 1.91. The summed E-state index contributed by atoms with van der Waals surface area (Å²) in [5.41, 5.74) is 0.525. The van der Waals surface area contributed by atoms with E-state index in [9.17, 15) is 0 Å². The normalized spacial score (nSPS) is 12.2. The second-order valence-corrected chi connectivity index (χ2v) is 7.72. The van der Waals surface area contributed by atoms with Crippen molar-refractivity contribution in [1.29, 1.82) is 0 Å². The van der Waals surface area contributed by atoms with Gasteiger partial charge < -0.3 is 4.42 Å². The van der Waals surface area contributed by atoms with Gasteiger partial charge in [-0.25, -0.2) is 0 Å². The van der Waals surface area contributed by atoms with Gasteiger partial charge >= 0.3 is 0 Å². The number of benzene rings is 1. The molecular weight excluding hydrogens is 379 g/mol. The highest BCUT2D eigenvalue weighted by Gasteiger charge is 2.21. The number of rotatable bonds is 3. The van der Waals surface area contributed by atoms with Crippen LogP contribution >= 0.6 is 35.4 Å². The van der Waals surface area contributed by atoms with Crippen LogP contribution in [-0.2, 0) is 5.41 Å². The minimum absolute atomic E-state index is 0.201. The first-order chi connectivity index (χ1) is 11.8. The van der Waals surface area contributed by atoms with Crippen molar-refractivity contribution in [3.8, 4) is 11.3 Å². The lowest BCUT2D eigenvalue weighted by molar-refractivity contribution is 0.515. The third-order valence-electron chi connectivity index (χ3n) is 3.44. The summed E-state index contributed by atoms with van der Waals surface area (Å²) in [5, 5.41) is 12.5. The van der Waals surface area contributed by atoms with Crippen LogP contribution in [0.5, 0.6) is 0 Å². The Labute approximate surface area is 160 Å². The lowest BCUT2D eigenvalue weighted by atomic mass is 9.96. The maximum Gasteiger partial charge on any atom is 0.216 e. The van der Waals surface area contributed by atoms with Gasteiger partial charge in [0.1, 0.15) is 11.5 Å². The minimum Gasteiger partial charge on any atom is -0.455 e. The number of furan rings is 1. The predicted octanol–water partition coefficient (Wildman–Crippen LogP) is 5.69. The summed E-state index contributed by atoms with van der Waals surface area (Å²) >= 11 is 17.5. The quantitative estimate of drug-likeness (QED) is 0.458. The van der Waals surface area contributed by atoms with Crippen LogP contribution in [0, 0.1) is 4.77 Å². The molecule has 0 amide bonds. The highest BCUT2D eigenvalue weighted by Crippen LogP contribution is 2.31. The summed E-state index contributed by atoms with van der Waals surface area (Å²) in [4.78, 5) is 0. The third kappa shape index (κ3) is 3.86. The number of H-pyrrole nitrogens is 1. The van der Waals surface area contributed by atoms with Gasteiger partial charge in [0, 0.05) is 16.0 Å². The Morgan fingerprint density at radius 1 is 1.24 bits per heavy atom. The second-order valence-electron chi connectivity index (χ2n) is 6.48. The number of halogens is 2. The van der Waals surface area contributed by atoms with Gasteiger partial charge in [0.15, 0.2) is 5.82 Å². The number of aromatic amines is 1. The van der Waals surface area contributed by atoms with E-state index in [1.807, 2.05) is 26.8 Å². The van der Waals surface area contributed by atoms with Crippen molar-refractivity contribution in [2.75, 3.05) is 0 Å². The number of hydrogen-bond acceptors (Lipinski definition) is 4. The first kappa shape index (κ1) is 17.9. The van der Waals surface area contributed by atoms with Gasteiger partial charge in [-0.1, -0.05) is 44.0 Å². The molecule has 0 fully saturated rings. The zero-order valence-electron chi connectivity index (χ0n) is 13.9. The van der Waals surface area contributed by atoms with E-state index in [0.29, 0.717) is 26.3 Å². The topological polar surface area (TPSA) is 59.1 Å². The molecule has 1 aromatic carbocycles. The number of nitrogens with zero attached hydrogens (tertiary/aromatic N) is 3. The second kappa shape index (κ2) is 6.78. The van der Waals surface area contributed by atoms with Gasteiger partial charge in [0.05, 0.1) is 11.2 Å². The Bertz CT molecular complexity index is 995. The van der Waals surface area contributed by atoms with Gasteiger partial charge in [-0.2, -0.15) is 14.9 Å². The van der Waals surface area contributed by atoms with E-state index in [2.05, 4.69) is 15.3 Å². The molecule has 0 unspecified atom stereocenters. The predicted molar refractivity (Wildman–Crippen MR) is 103 cm³/mol. The smallest absolute Gasteiger partial charge is 0.216 e. The molecule has 0 saturated heterocycles. The fourth-order valence-corrected chi connectivity index (χ4v) is 2.81. The molecule has 0 atom stereocenters. The third-order valence-corrected chi connectivity index (χ3v) is 4.27. The summed E-state index contributed by atoms with van der Waals surface area (Å²) in [6.45, 7) is 6.11. The van der Waals surface area contributed by atoms with Crippen LogP contribution in [0.4, 0.5) is 0 Å². The van der Waals surface area contributed by atoms with E-state index in [4.69, 9.17) is 39.8 Å². The van der Waals surface area contributed by atoms with Crippen LogP contribution < -0.4 is 0 Å².